The minimum Gasteiger partial charge on any atom is -0.337 e. The van der Waals surface area contributed by atoms with Crippen molar-refractivity contribution >= 4 is 17.6 Å². The van der Waals surface area contributed by atoms with Gasteiger partial charge in [-0.15, -0.1) is 5.10 Å². The number of carbonyl (C=O) groups excluding carboxylic acids is 2. The van der Waals surface area contributed by atoms with Crippen LogP contribution in [0.2, 0.25) is 0 Å². The molecule has 0 spiro atoms. The predicted molar refractivity (Wildman–Crippen MR) is 102 cm³/mol. The Morgan fingerprint density at radius 2 is 1.94 bits per heavy atom. The Morgan fingerprint density at radius 1 is 1.22 bits per heavy atom. The van der Waals surface area contributed by atoms with E-state index in [0.29, 0.717) is 0 Å². The van der Waals surface area contributed by atoms with Crippen molar-refractivity contribution in [2.75, 3.05) is 11.9 Å². The molecular weight excluding hydrogens is 434 g/mol. The van der Waals surface area contributed by atoms with Gasteiger partial charge < -0.3 is 5.32 Å². The summed E-state index contributed by atoms with van der Waals surface area (Å²) < 4.78 is 54.3. The van der Waals surface area contributed by atoms with E-state index in [4.69, 9.17) is 0 Å². The zero-order chi connectivity index (χ0) is 23.0. The molecule has 0 bridgehead atoms. The first-order valence-electron chi connectivity index (χ1n) is 9.49. The smallest absolute Gasteiger partial charge is 0.337 e. The maximum atomic E-state index is 13.0. The van der Waals surface area contributed by atoms with E-state index in [2.05, 4.69) is 20.5 Å². The summed E-state index contributed by atoms with van der Waals surface area (Å²) in [6.07, 6.45) is -3.26. The Kier molecular flexibility index (Phi) is 5.40. The van der Waals surface area contributed by atoms with Crippen molar-refractivity contribution in [3.05, 3.63) is 59.6 Å². The summed E-state index contributed by atoms with van der Waals surface area (Å²) in [5.74, 6) is -1.85. The molecule has 1 aliphatic rings. The number of fused-ring (bicyclic) bond motifs is 1. The second-order valence-electron chi connectivity index (χ2n) is 7.21. The predicted octanol–water partition coefficient (Wildman–Crippen LogP) is 1.85. The molecule has 1 aliphatic heterocycles. The highest BCUT2D eigenvalue weighted by atomic mass is 19.4. The Hall–Kier alpha value is -3.77. The third kappa shape index (κ3) is 4.31. The van der Waals surface area contributed by atoms with Gasteiger partial charge in [-0.3, -0.25) is 14.5 Å². The first-order valence-corrected chi connectivity index (χ1v) is 9.49. The van der Waals surface area contributed by atoms with E-state index in [9.17, 15) is 27.2 Å². The summed E-state index contributed by atoms with van der Waals surface area (Å²) in [6, 6.07) is 5.55. The van der Waals surface area contributed by atoms with E-state index in [-0.39, 0.29) is 37.0 Å². The first-order chi connectivity index (χ1) is 15.1. The minimum absolute atomic E-state index is 0.00112. The lowest BCUT2D eigenvalue weighted by Gasteiger charge is -2.19. The fraction of sp³-hybridized carbons (Fsp3) is 0.316. The maximum Gasteiger partial charge on any atom is 0.435 e. The van der Waals surface area contributed by atoms with Crippen LogP contribution in [0.4, 0.5) is 23.4 Å². The Balaban J connectivity index is 1.43. The van der Waals surface area contributed by atoms with Gasteiger partial charge in [0.1, 0.15) is 24.0 Å². The van der Waals surface area contributed by atoms with E-state index in [1.807, 2.05) is 0 Å². The lowest BCUT2D eigenvalue weighted by molar-refractivity contribution is -0.141. The summed E-state index contributed by atoms with van der Waals surface area (Å²) in [5.41, 5.74) is -0.345. The number of nitrogens with zero attached hydrogens (tertiary/aromatic N) is 6. The largest absolute Gasteiger partial charge is 0.435 e. The third-order valence-electron chi connectivity index (χ3n) is 4.95. The van der Waals surface area contributed by atoms with Gasteiger partial charge in [0, 0.05) is 19.7 Å². The number of nitrogens with one attached hydrogen (secondary N) is 1. The van der Waals surface area contributed by atoms with Gasteiger partial charge in [-0.1, -0.05) is 12.1 Å². The Morgan fingerprint density at radius 3 is 2.62 bits per heavy atom. The molecule has 4 rings (SSSR count). The van der Waals surface area contributed by atoms with Crippen LogP contribution in [-0.4, -0.2) is 49.4 Å². The molecule has 0 unspecified atom stereocenters. The van der Waals surface area contributed by atoms with Crippen LogP contribution in [0.15, 0.2) is 36.7 Å². The molecule has 1 N–H and O–H groups in total. The van der Waals surface area contributed by atoms with Gasteiger partial charge in [-0.05, 0) is 24.1 Å². The van der Waals surface area contributed by atoms with Gasteiger partial charge >= 0.3 is 6.18 Å². The van der Waals surface area contributed by atoms with E-state index >= 15 is 0 Å². The van der Waals surface area contributed by atoms with Crippen molar-refractivity contribution in [3.8, 4) is 0 Å². The molecule has 0 radical (unpaired) electrons. The van der Waals surface area contributed by atoms with E-state index in [1.165, 1.54) is 30.2 Å². The summed E-state index contributed by atoms with van der Waals surface area (Å²) >= 11 is 0. The molecule has 2 aromatic heterocycles. The molecule has 0 saturated carbocycles. The van der Waals surface area contributed by atoms with Crippen LogP contribution < -0.4 is 10.2 Å². The van der Waals surface area contributed by atoms with Crippen molar-refractivity contribution in [1.82, 2.24) is 29.9 Å². The molecule has 1 aromatic carbocycles. The van der Waals surface area contributed by atoms with E-state index in [1.54, 1.807) is 12.1 Å². The first kappa shape index (κ1) is 21.5. The molecule has 13 heteroatoms. The number of rotatable bonds is 4. The van der Waals surface area contributed by atoms with Gasteiger partial charge in [0.15, 0.2) is 5.69 Å². The van der Waals surface area contributed by atoms with Crippen molar-refractivity contribution in [2.45, 2.75) is 31.7 Å². The maximum absolute atomic E-state index is 13.0. The number of aryl methyl sites for hydroxylation is 1. The molecule has 0 fully saturated rings. The molecule has 3 heterocycles. The number of benzene rings is 1. The Bertz CT molecular complexity index is 1150. The van der Waals surface area contributed by atoms with Crippen molar-refractivity contribution in [2.24, 2.45) is 0 Å². The normalized spacial score (nSPS) is 16.6. The molecule has 0 aliphatic carbocycles. The summed E-state index contributed by atoms with van der Waals surface area (Å²) in [6.45, 7) is 0.257. The molecule has 1 atom stereocenters. The fourth-order valence-electron chi connectivity index (χ4n) is 3.31. The highest BCUT2D eigenvalue weighted by Gasteiger charge is 2.38. The molecular formula is C19H17F4N7O2. The van der Waals surface area contributed by atoms with E-state index in [0.717, 1.165) is 21.2 Å². The lowest BCUT2D eigenvalue weighted by Crippen LogP contribution is -2.47. The van der Waals surface area contributed by atoms with Crippen molar-refractivity contribution in [1.29, 1.82) is 0 Å². The average Bonchev–Trinajstić information content (AvgIpc) is 3.36. The highest BCUT2D eigenvalue weighted by molar-refractivity contribution is 6.00. The number of halogens is 4. The fourth-order valence-corrected chi connectivity index (χ4v) is 3.31. The molecule has 9 nitrogen and oxygen atoms in total. The number of amides is 2. The van der Waals surface area contributed by atoms with Crippen LogP contribution in [0.25, 0.3) is 0 Å². The zero-order valence-electron chi connectivity index (χ0n) is 16.7. The van der Waals surface area contributed by atoms with Crippen molar-refractivity contribution in [3.63, 3.8) is 0 Å². The number of alkyl halides is 3. The third-order valence-corrected chi connectivity index (χ3v) is 4.95. The number of carbonyl (C=O) groups is 2. The SMILES string of the molecule is CN1C(=O)[C@@H](NC(=O)c2ncn(Cc3ccc(F)cc3)n2)CCn2nc(C(F)(F)F)cc21. The lowest BCUT2D eigenvalue weighted by atomic mass is 10.2. The second-order valence-corrected chi connectivity index (χ2v) is 7.21. The molecule has 32 heavy (non-hydrogen) atoms. The number of anilines is 1. The van der Waals surface area contributed by atoms with Gasteiger partial charge in [-0.2, -0.15) is 18.3 Å². The Labute approximate surface area is 178 Å². The molecule has 3 aromatic rings. The van der Waals surface area contributed by atoms with Gasteiger partial charge in [-0.25, -0.2) is 18.7 Å². The van der Waals surface area contributed by atoms with Gasteiger partial charge in [0.05, 0.1) is 6.54 Å². The summed E-state index contributed by atoms with van der Waals surface area (Å²) in [5, 5.41) is 10.1. The van der Waals surface area contributed by atoms with E-state index < -0.39 is 29.7 Å². The van der Waals surface area contributed by atoms with Crippen LogP contribution >= 0.6 is 0 Å². The zero-order valence-corrected chi connectivity index (χ0v) is 16.7. The molecule has 2 amide bonds. The van der Waals surface area contributed by atoms with Crippen LogP contribution in [0.3, 0.4) is 0 Å². The summed E-state index contributed by atoms with van der Waals surface area (Å²) in [4.78, 5) is 30.2. The standard InChI is InChI=1S/C19H17F4N7O2/c1-28-15-8-14(19(21,22)23)26-30(15)7-6-13(18(28)32)25-17(31)16-24-10-29(27-16)9-11-2-4-12(20)5-3-11/h2-5,8,10,13H,6-7,9H2,1H3,(H,25,31)/t13-/m0/s1. The topological polar surface area (TPSA) is 97.9 Å². The highest BCUT2D eigenvalue weighted by Crippen LogP contribution is 2.32. The monoisotopic (exact) mass is 451 g/mol. The van der Waals surface area contributed by atoms with Crippen LogP contribution in [0.1, 0.15) is 28.3 Å². The number of hydrogen-bond acceptors (Lipinski definition) is 5. The van der Waals surface area contributed by atoms with Crippen LogP contribution in [-0.2, 0) is 24.1 Å². The molecule has 168 valence electrons. The second kappa shape index (κ2) is 8.05. The van der Waals surface area contributed by atoms with Crippen LogP contribution in [0.5, 0.6) is 0 Å². The van der Waals surface area contributed by atoms with Gasteiger partial charge in [0.25, 0.3) is 11.8 Å². The minimum atomic E-state index is -4.63. The quantitative estimate of drug-likeness (QED) is 0.611. The van der Waals surface area contributed by atoms with Crippen LogP contribution in [0, 0.1) is 5.82 Å². The average molecular weight is 451 g/mol. The van der Waals surface area contributed by atoms with Crippen molar-refractivity contribution < 1.29 is 27.2 Å². The number of likely N-dealkylation sites (N-methyl/N-ethyl adjacent to an activating group) is 1. The summed E-state index contributed by atoms with van der Waals surface area (Å²) in [7, 11) is 1.32. The number of aromatic nitrogens is 5. The number of hydrogen-bond donors (Lipinski definition) is 1. The molecule has 0 saturated heterocycles. The van der Waals surface area contributed by atoms with Gasteiger partial charge in [0.2, 0.25) is 5.82 Å².